The summed E-state index contributed by atoms with van der Waals surface area (Å²) < 4.78 is 51.4. The molecule has 25 heavy (non-hydrogen) atoms. The maximum absolute atomic E-state index is 13.2. The summed E-state index contributed by atoms with van der Waals surface area (Å²) in [5.74, 6) is -1.25. The number of rotatable bonds is 6. The van der Waals surface area contributed by atoms with Gasteiger partial charge in [-0.25, -0.2) is 14.6 Å². The van der Waals surface area contributed by atoms with Crippen molar-refractivity contribution in [3.63, 3.8) is 0 Å². The van der Waals surface area contributed by atoms with Crippen LogP contribution in [0.25, 0.3) is 11.2 Å². The van der Waals surface area contributed by atoms with Gasteiger partial charge in [0.25, 0.3) is 0 Å². The average molecular weight is 360 g/mol. The smallest absolute Gasteiger partial charge is 0.383 e. The first kappa shape index (κ1) is 17.8. The van der Waals surface area contributed by atoms with Crippen molar-refractivity contribution in [1.82, 2.24) is 25.0 Å². The van der Waals surface area contributed by atoms with Gasteiger partial charge in [-0.2, -0.15) is 13.2 Å². The average Bonchev–Trinajstić information content (AvgIpc) is 3.17. The Morgan fingerprint density at radius 2 is 2.20 bits per heavy atom. The number of nitrogens with zero attached hydrogens (tertiary/aromatic N) is 5. The number of anilines is 1. The fraction of sp³-hybridized carbons (Fsp3) is 0.714. The van der Waals surface area contributed by atoms with Crippen LogP contribution in [0.15, 0.2) is 0 Å². The van der Waals surface area contributed by atoms with E-state index in [1.54, 1.807) is 6.92 Å². The third-order valence-electron chi connectivity index (χ3n) is 3.82. The number of hydrogen-bond donors (Lipinski definition) is 1. The Balaban J connectivity index is 1.99. The first-order valence-electron chi connectivity index (χ1n) is 7.94. The van der Waals surface area contributed by atoms with Crippen LogP contribution in [0.1, 0.15) is 25.6 Å². The molecule has 138 valence electrons. The van der Waals surface area contributed by atoms with Crippen LogP contribution in [-0.2, 0) is 22.2 Å². The zero-order valence-electron chi connectivity index (χ0n) is 13.9. The molecule has 3 heterocycles. The van der Waals surface area contributed by atoms with Crippen LogP contribution >= 0.6 is 0 Å². The lowest BCUT2D eigenvalue weighted by molar-refractivity contribution is -0.144. The van der Waals surface area contributed by atoms with Crippen molar-refractivity contribution >= 4 is 17.0 Å². The lowest BCUT2D eigenvalue weighted by Crippen LogP contribution is -2.23. The molecule has 0 bridgehead atoms. The first-order valence-corrected chi connectivity index (χ1v) is 7.94. The summed E-state index contributed by atoms with van der Waals surface area (Å²) in [7, 11) is 1.51. The van der Waals surface area contributed by atoms with Gasteiger partial charge in [0.1, 0.15) is 0 Å². The highest BCUT2D eigenvalue weighted by Crippen LogP contribution is 2.30. The predicted octanol–water partition coefficient (Wildman–Crippen LogP) is 1.87. The minimum absolute atomic E-state index is 0.0135. The molecule has 1 N–H and O–H groups in total. The summed E-state index contributed by atoms with van der Waals surface area (Å²) in [6.07, 6.45) is -3.03. The number of alkyl halides is 3. The number of nitrogens with one attached hydrogen (secondary N) is 1. The third-order valence-corrected chi connectivity index (χ3v) is 3.82. The molecule has 1 fully saturated rings. The third kappa shape index (κ3) is 3.98. The van der Waals surface area contributed by atoms with Gasteiger partial charge in [0, 0.05) is 19.8 Å². The SMILES string of the molecule is COCC(C)Nc1nc(C(F)(F)F)nc2c1nnn2C[C@H]1CCCO1. The predicted molar refractivity (Wildman–Crippen MR) is 82.1 cm³/mol. The van der Waals surface area contributed by atoms with Crippen LogP contribution in [0.4, 0.5) is 19.0 Å². The van der Waals surface area contributed by atoms with Crippen molar-refractivity contribution in [2.45, 2.75) is 44.6 Å². The minimum Gasteiger partial charge on any atom is -0.383 e. The largest absolute Gasteiger partial charge is 0.451 e. The monoisotopic (exact) mass is 360 g/mol. The van der Waals surface area contributed by atoms with E-state index in [-0.39, 0.29) is 29.1 Å². The molecule has 2 aromatic heterocycles. The van der Waals surface area contributed by atoms with Crippen molar-refractivity contribution in [2.75, 3.05) is 25.6 Å². The normalized spacial score (nSPS) is 19.5. The number of aromatic nitrogens is 5. The Morgan fingerprint density at radius 1 is 1.40 bits per heavy atom. The minimum atomic E-state index is -4.67. The van der Waals surface area contributed by atoms with E-state index in [0.29, 0.717) is 19.8 Å². The van der Waals surface area contributed by atoms with Crippen molar-refractivity contribution in [1.29, 1.82) is 0 Å². The molecule has 0 aliphatic carbocycles. The summed E-state index contributed by atoms with van der Waals surface area (Å²) in [5, 5.41) is 10.8. The van der Waals surface area contributed by atoms with E-state index < -0.39 is 12.0 Å². The van der Waals surface area contributed by atoms with Crippen LogP contribution < -0.4 is 5.32 Å². The fourth-order valence-corrected chi connectivity index (χ4v) is 2.71. The summed E-state index contributed by atoms with van der Waals surface area (Å²) >= 11 is 0. The Hall–Kier alpha value is -2.01. The lowest BCUT2D eigenvalue weighted by Gasteiger charge is -2.15. The van der Waals surface area contributed by atoms with Crippen LogP contribution in [0.2, 0.25) is 0 Å². The molecule has 1 unspecified atom stereocenters. The van der Waals surface area contributed by atoms with Gasteiger partial charge in [0.2, 0.25) is 5.82 Å². The summed E-state index contributed by atoms with van der Waals surface area (Å²) in [4.78, 5) is 7.23. The van der Waals surface area contributed by atoms with Gasteiger partial charge in [-0.15, -0.1) is 5.10 Å². The first-order chi connectivity index (χ1) is 11.9. The number of methoxy groups -OCH3 is 1. The standard InChI is InChI=1S/C14H19F3N6O2/c1-8(7-24-2)18-11-10-12(20-13(19-11)14(15,16)17)23(22-21-10)6-9-4-3-5-25-9/h8-9H,3-7H2,1-2H3,(H,18,19,20)/t8?,9-/m1/s1. The van der Waals surface area contributed by atoms with E-state index in [9.17, 15) is 13.2 Å². The van der Waals surface area contributed by atoms with Crippen molar-refractivity contribution < 1.29 is 22.6 Å². The van der Waals surface area contributed by atoms with Crippen LogP contribution in [-0.4, -0.2) is 57.4 Å². The zero-order valence-corrected chi connectivity index (χ0v) is 13.9. The molecule has 1 aliphatic heterocycles. The van der Waals surface area contributed by atoms with E-state index in [1.165, 1.54) is 11.8 Å². The second kappa shape index (κ2) is 7.08. The molecule has 11 heteroatoms. The molecular formula is C14H19F3N6O2. The Kier molecular flexibility index (Phi) is 5.04. The molecule has 0 amide bonds. The van der Waals surface area contributed by atoms with E-state index in [1.807, 2.05) is 0 Å². The van der Waals surface area contributed by atoms with Gasteiger partial charge in [-0.05, 0) is 19.8 Å². The maximum atomic E-state index is 13.2. The van der Waals surface area contributed by atoms with Gasteiger partial charge in [0.15, 0.2) is 17.0 Å². The molecule has 1 aliphatic rings. The number of fused-ring (bicyclic) bond motifs is 1. The zero-order chi connectivity index (χ0) is 18.0. The topological polar surface area (TPSA) is 87.0 Å². The molecule has 0 radical (unpaired) electrons. The molecule has 2 atom stereocenters. The quantitative estimate of drug-likeness (QED) is 0.841. The lowest BCUT2D eigenvalue weighted by atomic mass is 10.2. The van der Waals surface area contributed by atoms with E-state index in [4.69, 9.17) is 9.47 Å². The summed E-state index contributed by atoms with van der Waals surface area (Å²) in [5.41, 5.74) is 0.221. The highest BCUT2D eigenvalue weighted by Gasteiger charge is 2.36. The van der Waals surface area contributed by atoms with Crippen LogP contribution in [0.3, 0.4) is 0 Å². The van der Waals surface area contributed by atoms with Gasteiger partial charge in [-0.1, -0.05) is 5.21 Å². The molecule has 0 saturated carbocycles. The molecule has 0 aromatic carbocycles. The van der Waals surface area contributed by atoms with E-state index in [2.05, 4.69) is 25.6 Å². The van der Waals surface area contributed by atoms with Gasteiger partial charge in [0.05, 0.1) is 19.3 Å². The Labute approximate surface area is 141 Å². The Bertz CT molecular complexity index is 729. The van der Waals surface area contributed by atoms with Crippen LogP contribution in [0, 0.1) is 0 Å². The molecule has 1 saturated heterocycles. The van der Waals surface area contributed by atoms with Crippen LogP contribution in [0.5, 0.6) is 0 Å². The second-order valence-electron chi connectivity index (χ2n) is 5.97. The summed E-state index contributed by atoms with van der Waals surface area (Å²) in [6, 6.07) is -0.257. The van der Waals surface area contributed by atoms with Gasteiger partial charge in [-0.3, -0.25) is 0 Å². The highest BCUT2D eigenvalue weighted by molar-refractivity contribution is 5.82. The van der Waals surface area contributed by atoms with Crippen molar-refractivity contribution in [3.05, 3.63) is 5.82 Å². The molecule has 2 aromatic rings. The maximum Gasteiger partial charge on any atom is 0.451 e. The van der Waals surface area contributed by atoms with Gasteiger partial charge < -0.3 is 14.8 Å². The highest BCUT2D eigenvalue weighted by atomic mass is 19.4. The van der Waals surface area contributed by atoms with E-state index >= 15 is 0 Å². The van der Waals surface area contributed by atoms with E-state index in [0.717, 1.165) is 12.8 Å². The number of hydrogen-bond acceptors (Lipinski definition) is 7. The number of halogens is 3. The molecule has 0 spiro atoms. The summed E-state index contributed by atoms with van der Waals surface area (Å²) in [6.45, 7) is 3.01. The Morgan fingerprint density at radius 3 is 2.84 bits per heavy atom. The molecule has 3 rings (SSSR count). The molecular weight excluding hydrogens is 341 g/mol. The van der Waals surface area contributed by atoms with Crippen molar-refractivity contribution in [3.8, 4) is 0 Å². The van der Waals surface area contributed by atoms with Crippen molar-refractivity contribution in [2.24, 2.45) is 0 Å². The fourth-order valence-electron chi connectivity index (χ4n) is 2.71. The van der Waals surface area contributed by atoms with Gasteiger partial charge >= 0.3 is 6.18 Å². The molecule has 8 nitrogen and oxygen atoms in total. The number of ether oxygens (including phenoxy) is 2. The second-order valence-corrected chi connectivity index (χ2v) is 5.97.